The predicted octanol–water partition coefficient (Wildman–Crippen LogP) is 4.92. The molecule has 0 fully saturated rings. The van der Waals surface area contributed by atoms with E-state index in [4.69, 9.17) is 11.6 Å². The second-order valence-corrected chi connectivity index (χ2v) is 11.7. The number of halogens is 2. The summed E-state index contributed by atoms with van der Waals surface area (Å²) in [4.78, 5) is 24.7. The maximum Gasteiger partial charge on any atom is 0.251 e. The lowest BCUT2D eigenvalue weighted by Crippen LogP contribution is -2.26. The highest BCUT2D eigenvalue weighted by atomic mass is 35.5. The summed E-state index contributed by atoms with van der Waals surface area (Å²) >= 11 is 6.13. The van der Waals surface area contributed by atoms with Gasteiger partial charge in [0, 0.05) is 83.1 Å². The molecule has 7 nitrogen and oxygen atoms in total. The Bertz CT molecular complexity index is 1650. The number of amides is 1. The van der Waals surface area contributed by atoms with E-state index in [1.54, 1.807) is 36.7 Å². The third-order valence-corrected chi connectivity index (χ3v) is 8.04. The van der Waals surface area contributed by atoms with E-state index in [9.17, 15) is 17.6 Å². The van der Waals surface area contributed by atoms with E-state index in [1.165, 1.54) is 18.5 Å². The molecule has 0 bridgehead atoms. The Hall–Kier alpha value is -3.56. The minimum atomic E-state index is -3.44. The molecule has 5 rings (SSSR count). The molecule has 2 atom stereocenters. The van der Waals surface area contributed by atoms with E-state index in [0.29, 0.717) is 44.1 Å². The molecule has 0 saturated carbocycles. The quantitative estimate of drug-likeness (QED) is 0.465. The van der Waals surface area contributed by atoms with Gasteiger partial charge in [-0.05, 0) is 42.8 Å². The molecule has 0 radical (unpaired) electrons. The van der Waals surface area contributed by atoms with Gasteiger partial charge in [-0.25, -0.2) is 12.8 Å². The van der Waals surface area contributed by atoms with Crippen molar-refractivity contribution < 1.29 is 17.6 Å². The van der Waals surface area contributed by atoms with Crippen molar-refractivity contribution in [1.82, 2.24) is 15.3 Å². The van der Waals surface area contributed by atoms with Gasteiger partial charge in [-0.15, -0.1) is 0 Å². The zero-order chi connectivity index (χ0) is 26.3. The van der Waals surface area contributed by atoms with Gasteiger partial charge in [-0.2, -0.15) is 0 Å². The van der Waals surface area contributed by atoms with Crippen LogP contribution in [0.2, 0.25) is 5.02 Å². The third kappa shape index (κ3) is 5.28. The topological polar surface area (TPSA) is 104 Å². The summed E-state index contributed by atoms with van der Waals surface area (Å²) in [6.07, 6.45) is 12.0. The average molecular weight is 539 g/mol. The SMILES string of the molecule is CC1=CC2C=C(Cc3cc(C(=O)NCc4cc5c(Cl)c[nH]c5cc4F)ccn3)C=C(S(C)(=O)=O)C2C=N1. The van der Waals surface area contributed by atoms with Crippen LogP contribution in [0, 0.1) is 17.7 Å². The first-order valence-electron chi connectivity index (χ1n) is 11.6. The Balaban J connectivity index is 1.33. The van der Waals surface area contributed by atoms with Crippen LogP contribution in [0.25, 0.3) is 10.9 Å². The number of sulfone groups is 1. The molecule has 3 heterocycles. The highest BCUT2D eigenvalue weighted by Crippen LogP contribution is 2.36. The molecule has 3 aromatic rings. The monoisotopic (exact) mass is 538 g/mol. The van der Waals surface area contributed by atoms with Gasteiger partial charge in [-0.3, -0.25) is 14.8 Å². The second kappa shape index (κ2) is 9.72. The lowest BCUT2D eigenvalue weighted by molar-refractivity contribution is 0.0950. The van der Waals surface area contributed by atoms with E-state index < -0.39 is 15.7 Å². The first kappa shape index (κ1) is 25.1. The fraction of sp³-hybridized carbons (Fsp3) is 0.222. The summed E-state index contributed by atoms with van der Waals surface area (Å²) in [6, 6.07) is 6.20. The van der Waals surface area contributed by atoms with Gasteiger partial charge in [0.2, 0.25) is 0 Å². The molecule has 0 saturated heterocycles. The Morgan fingerprint density at radius 3 is 2.84 bits per heavy atom. The van der Waals surface area contributed by atoms with Crippen LogP contribution >= 0.6 is 11.6 Å². The van der Waals surface area contributed by atoms with Crippen molar-refractivity contribution in [3.05, 3.63) is 98.7 Å². The lowest BCUT2D eigenvalue weighted by atomic mass is 9.83. The van der Waals surface area contributed by atoms with E-state index in [1.807, 2.05) is 19.1 Å². The van der Waals surface area contributed by atoms with Crippen molar-refractivity contribution in [2.45, 2.75) is 19.9 Å². The molecule has 10 heteroatoms. The highest BCUT2D eigenvalue weighted by Gasteiger charge is 2.32. The number of allylic oxidation sites excluding steroid dienone is 6. The highest BCUT2D eigenvalue weighted by molar-refractivity contribution is 7.94. The molecule has 0 spiro atoms. The molecule has 1 aliphatic carbocycles. The normalized spacial score (nSPS) is 19.2. The molecule has 2 aromatic heterocycles. The average Bonchev–Trinajstić information content (AvgIpc) is 3.20. The fourth-order valence-electron chi connectivity index (χ4n) is 4.67. The van der Waals surface area contributed by atoms with Crippen molar-refractivity contribution in [1.29, 1.82) is 0 Å². The van der Waals surface area contributed by atoms with E-state index in [-0.39, 0.29) is 24.3 Å². The van der Waals surface area contributed by atoms with Crippen LogP contribution < -0.4 is 5.32 Å². The number of hydrogen-bond donors (Lipinski definition) is 2. The van der Waals surface area contributed by atoms with Crippen LogP contribution in [0.3, 0.4) is 0 Å². The van der Waals surface area contributed by atoms with Crippen molar-refractivity contribution >= 4 is 44.5 Å². The van der Waals surface area contributed by atoms with Crippen molar-refractivity contribution in [2.24, 2.45) is 16.8 Å². The van der Waals surface area contributed by atoms with Crippen molar-refractivity contribution in [2.75, 3.05) is 6.26 Å². The number of hydrogen-bond acceptors (Lipinski definition) is 5. The van der Waals surface area contributed by atoms with Gasteiger partial charge < -0.3 is 10.3 Å². The Kier molecular flexibility index (Phi) is 6.59. The largest absolute Gasteiger partial charge is 0.360 e. The molecule has 190 valence electrons. The summed E-state index contributed by atoms with van der Waals surface area (Å²) < 4.78 is 39.4. The standard InChI is InChI=1S/C27H24ClFN4O3S/c1-15-5-18-6-16(8-26(37(2,35)36)22(18)13-31-15)7-20-9-17(3-4-30-20)27(34)33-12-19-10-21-23(28)14-32-25(21)11-24(19)29/h3-6,8-11,13-14,18,22,32H,7,12H2,1-2H3,(H,33,34). The number of carbonyl (C=O) groups excluding carboxylic acids is 1. The Morgan fingerprint density at radius 2 is 2.05 bits per heavy atom. The number of aromatic nitrogens is 2. The zero-order valence-electron chi connectivity index (χ0n) is 20.1. The van der Waals surface area contributed by atoms with E-state index in [2.05, 4.69) is 20.3 Å². The van der Waals surface area contributed by atoms with Gasteiger partial charge >= 0.3 is 0 Å². The van der Waals surface area contributed by atoms with Crippen LogP contribution in [0.15, 0.2) is 76.1 Å². The van der Waals surface area contributed by atoms with Crippen LogP contribution in [0.1, 0.15) is 28.5 Å². The number of aliphatic imine (C=N–C) groups is 1. The number of fused-ring (bicyclic) bond motifs is 2. The maximum atomic E-state index is 14.5. The van der Waals surface area contributed by atoms with Crippen LogP contribution in [0.4, 0.5) is 4.39 Å². The van der Waals surface area contributed by atoms with Crippen LogP contribution in [-0.4, -0.2) is 36.8 Å². The predicted molar refractivity (Wildman–Crippen MR) is 143 cm³/mol. The number of nitrogens with one attached hydrogen (secondary N) is 2. The zero-order valence-corrected chi connectivity index (χ0v) is 21.7. The number of carbonyl (C=O) groups is 1. The maximum absolute atomic E-state index is 14.5. The molecule has 1 aromatic carbocycles. The third-order valence-electron chi connectivity index (χ3n) is 6.48. The Morgan fingerprint density at radius 1 is 1.24 bits per heavy atom. The summed E-state index contributed by atoms with van der Waals surface area (Å²) in [5.41, 5.74) is 3.50. The van der Waals surface area contributed by atoms with Gasteiger partial charge in [0.05, 0.1) is 9.93 Å². The minimum Gasteiger partial charge on any atom is -0.360 e. The minimum absolute atomic E-state index is 0.0122. The summed E-state index contributed by atoms with van der Waals surface area (Å²) in [7, 11) is -3.44. The number of pyridine rings is 1. The number of nitrogens with zero attached hydrogens (tertiary/aromatic N) is 2. The van der Waals surface area contributed by atoms with Crippen molar-refractivity contribution in [3.8, 4) is 0 Å². The van der Waals surface area contributed by atoms with E-state index in [0.717, 1.165) is 11.3 Å². The molecular formula is C27H24ClFN4O3S. The molecule has 1 amide bonds. The second-order valence-electron chi connectivity index (χ2n) is 9.27. The molecule has 2 aliphatic rings. The first-order chi connectivity index (χ1) is 17.6. The van der Waals surface area contributed by atoms with Crippen LogP contribution in [-0.2, 0) is 22.8 Å². The fourth-order valence-corrected chi connectivity index (χ4v) is 5.96. The van der Waals surface area contributed by atoms with Gasteiger partial charge in [0.15, 0.2) is 9.84 Å². The number of aromatic amines is 1. The molecule has 2 N–H and O–H groups in total. The molecular weight excluding hydrogens is 515 g/mol. The molecule has 2 unspecified atom stereocenters. The van der Waals surface area contributed by atoms with Gasteiger partial charge in [0.25, 0.3) is 5.91 Å². The summed E-state index contributed by atoms with van der Waals surface area (Å²) in [5, 5.41) is 3.90. The smallest absolute Gasteiger partial charge is 0.251 e. The summed E-state index contributed by atoms with van der Waals surface area (Å²) in [5.74, 6) is -1.27. The molecule has 1 aliphatic heterocycles. The van der Waals surface area contributed by atoms with Gasteiger partial charge in [-0.1, -0.05) is 23.8 Å². The van der Waals surface area contributed by atoms with Gasteiger partial charge in [0.1, 0.15) is 5.82 Å². The Labute approximate surface area is 218 Å². The van der Waals surface area contributed by atoms with E-state index >= 15 is 0 Å². The number of H-pyrrole nitrogens is 1. The number of benzene rings is 1. The number of rotatable bonds is 6. The van der Waals surface area contributed by atoms with Crippen LogP contribution in [0.5, 0.6) is 0 Å². The lowest BCUT2D eigenvalue weighted by Gasteiger charge is -2.28. The van der Waals surface area contributed by atoms with Crippen molar-refractivity contribution in [3.63, 3.8) is 0 Å². The first-order valence-corrected chi connectivity index (χ1v) is 13.9. The molecule has 37 heavy (non-hydrogen) atoms. The summed E-state index contributed by atoms with van der Waals surface area (Å²) in [6.45, 7) is 1.86.